The lowest BCUT2D eigenvalue weighted by atomic mass is 10.2. The predicted octanol–water partition coefficient (Wildman–Crippen LogP) is 3.99. The number of rotatable bonds is 4. The minimum Gasteiger partial charge on any atom is -0.300 e. The number of thiophene rings is 1. The van der Waals surface area contributed by atoms with Crippen LogP contribution in [0.15, 0.2) is 35.2 Å². The molecule has 0 bridgehead atoms. The Morgan fingerprint density at radius 2 is 2.00 bits per heavy atom. The van der Waals surface area contributed by atoms with Crippen LogP contribution < -0.4 is 5.56 Å². The van der Waals surface area contributed by atoms with E-state index in [4.69, 9.17) is 0 Å². The first-order valence-corrected chi connectivity index (χ1v) is 8.51. The highest BCUT2D eigenvalue weighted by Crippen LogP contribution is 2.32. The highest BCUT2D eigenvalue weighted by atomic mass is 79.9. The zero-order valence-corrected chi connectivity index (χ0v) is 15.6. The first kappa shape index (κ1) is 16.5. The smallest absolute Gasteiger partial charge is 0.286 e. The number of nitrogens with zero attached hydrogens (tertiary/aromatic N) is 2. The lowest BCUT2D eigenvalue weighted by molar-refractivity contribution is -0.385. The molecule has 0 aliphatic heterocycles. The van der Waals surface area contributed by atoms with E-state index in [2.05, 4.69) is 47.8 Å². The standard InChI is InChI=1S/C11H5Br3N2O4S/c12-7-1-5(16(19)20)3-15(11(7)18)4-8(17)6-2-9(13)21-10(6)14/h1-3H,4H2. The topological polar surface area (TPSA) is 82.2 Å². The number of halogens is 3. The molecule has 0 aromatic carbocycles. The fourth-order valence-electron chi connectivity index (χ4n) is 1.57. The first-order chi connectivity index (χ1) is 9.79. The third kappa shape index (κ3) is 3.68. The summed E-state index contributed by atoms with van der Waals surface area (Å²) in [6, 6.07) is 2.74. The summed E-state index contributed by atoms with van der Waals surface area (Å²) in [4.78, 5) is 34.3. The van der Waals surface area contributed by atoms with Crippen molar-refractivity contribution >= 4 is 70.6 Å². The fourth-order valence-corrected chi connectivity index (χ4v) is 4.89. The molecule has 0 aliphatic carbocycles. The van der Waals surface area contributed by atoms with Gasteiger partial charge in [-0.1, -0.05) is 0 Å². The highest BCUT2D eigenvalue weighted by molar-refractivity contribution is 9.12. The highest BCUT2D eigenvalue weighted by Gasteiger charge is 2.18. The minimum atomic E-state index is -0.623. The van der Waals surface area contributed by atoms with Gasteiger partial charge in [0.15, 0.2) is 5.78 Å². The molecule has 0 saturated carbocycles. The Kier molecular flexibility index (Phi) is 5.12. The Hall–Kier alpha value is -0.840. The Bertz CT molecular complexity index is 799. The van der Waals surface area contributed by atoms with Gasteiger partial charge in [-0.15, -0.1) is 11.3 Å². The number of ketones is 1. The number of nitro groups is 1. The molecule has 0 radical (unpaired) electrons. The summed E-state index contributed by atoms with van der Waals surface area (Å²) in [6.45, 7) is -0.277. The molecule has 10 heteroatoms. The van der Waals surface area contributed by atoms with E-state index in [1.165, 1.54) is 11.3 Å². The van der Waals surface area contributed by atoms with Crippen LogP contribution in [0.2, 0.25) is 0 Å². The molecule has 0 unspecified atom stereocenters. The third-order valence-electron chi connectivity index (χ3n) is 2.51. The largest absolute Gasteiger partial charge is 0.300 e. The molecule has 2 rings (SSSR count). The van der Waals surface area contributed by atoms with Crippen LogP contribution in [-0.2, 0) is 6.54 Å². The molecule has 0 N–H and O–H groups in total. The fraction of sp³-hybridized carbons (Fsp3) is 0.0909. The van der Waals surface area contributed by atoms with E-state index >= 15 is 0 Å². The molecule has 21 heavy (non-hydrogen) atoms. The van der Waals surface area contributed by atoms with Gasteiger partial charge in [0, 0.05) is 11.6 Å². The van der Waals surface area contributed by atoms with E-state index in [0.717, 1.165) is 20.6 Å². The lowest BCUT2D eigenvalue weighted by Crippen LogP contribution is -2.24. The molecule has 0 amide bonds. The van der Waals surface area contributed by atoms with Crippen LogP contribution in [0.3, 0.4) is 0 Å². The molecule has 0 spiro atoms. The Balaban J connectivity index is 2.39. The number of hydrogen-bond acceptors (Lipinski definition) is 5. The summed E-state index contributed by atoms with van der Waals surface area (Å²) in [7, 11) is 0. The maximum atomic E-state index is 12.2. The van der Waals surface area contributed by atoms with Gasteiger partial charge < -0.3 is 0 Å². The van der Waals surface area contributed by atoms with E-state index in [1.807, 2.05) is 0 Å². The third-order valence-corrected chi connectivity index (χ3v) is 5.42. The average molecular weight is 501 g/mol. The van der Waals surface area contributed by atoms with Gasteiger partial charge in [-0.3, -0.25) is 24.3 Å². The molecule has 2 heterocycles. The maximum Gasteiger partial charge on any atom is 0.286 e. The zero-order valence-electron chi connectivity index (χ0n) is 10.0. The van der Waals surface area contributed by atoms with Crippen LogP contribution >= 0.6 is 59.1 Å². The Morgan fingerprint density at radius 3 is 2.52 bits per heavy atom. The number of carbonyl (C=O) groups excluding carboxylic acids is 1. The van der Waals surface area contributed by atoms with Gasteiger partial charge in [-0.2, -0.15) is 0 Å². The van der Waals surface area contributed by atoms with Crippen molar-refractivity contribution in [2.75, 3.05) is 0 Å². The average Bonchev–Trinajstić information content (AvgIpc) is 2.73. The van der Waals surface area contributed by atoms with E-state index in [1.54, 1.807) is 6.07 Å². The second-order valence-electron chi connectivity index (χ2n) is 3.90. The van der Waals surface area contributed by atoms with Gasteiger partial charge >= 0.3 is 0 Å². The maximum absolute atomic E-state index is 12.2. The number of hydrogen-bond donors (Lipinski definition) is 0. The molecule has 0 saturated heterocycles. The van der Waals surface area contributed by atoms with Crippen molar-refractivity contribution in [3.63, 3.8) is 0 Å². The molecular formula is C11H5Br3N2O4S. The van der Waals surface area contributed by atoms with Crippen molar-refractivity contribution in [3.8, 4) is 0 Å². The van der Waals surface area contributed by atoms with Gasteiger partial charge in [0.1, 0.15) is 0 Å². The summed E-state index contributed by atoms with van der Waals surface area (Å²) in [5.41, 5.74) is -0.347. The normalized spacial score (nSPS) is 10.6. The monoisotopic (exact) mass is 498 g/mol. The van der Waals surface area contributed by atoms with Crippen LogP contribution in [0.4, 0.5) is 5.69 Å². The lowest BCUT2D eigenvalue weighted by Gasteiger charge is -2.05. The molecule has 0 atom stereocenters. The molecule has 0 fully saturated rings. The number of pyridine rings is 1. The second kappa shape index (κ2) is 6.51. The van der Waals surface area contributed by atoms with Crippen molar-refractivity contribution in [3.05, 3.63) is 56.4 Å². The summed E-state index contributed by atoms with van der Waals surface area (Å²) in [6.07, 6.45) is 1.06. The van der Waals surface area contributed by atoms with Crippen molar-refractivity contribution in [2.45, 2.75) is 6.54 Å². The van der Waals surface area contributed by atoms with Gasteiger partial charge in [-0.25, -0.2) is 0 Å². The van der Waals surface area contributed by atoms with Crippen molar-refractivity contribution in [2.24, 2.45) is 0 Å². The van der Waals surface area contributed by atoms with Gasteiger partial charge in [0.05, 0.1) is 29.7 Å². The van der Waals surface area contributed by atoms with Gasteiger partial charge in [-0.05, 0) is 53.9 Å². The van der Waals surface area contributed by atoms with Crippen LogP contribution in [0.1, 0.15) is 10.4 Å². The SMILES string of the molecule is O=C(Cn1cc([N+](=O)[O-])cc(Br)c1=O)c1cc(Br)sc1Br. The van der Waals surface area contributed by atoms with E-state index in [0.29, 0.717) is 9.35 Å². The van der Waals surface area contributed by atoms with Crippen molar-refractivity contribution < 1.29 is 9.72 Å². The van der Waals surface area contributed by atoms with Crippen molar-refractivity contribution in [1.29, 1.82) is 0 Å². The molecule has 2 aromatic rings. The predicted molar refractivity (Wildman–Crippen MR) is 89.1 cm³/mol. The van der Waals surface area contributed by atoms with Crippen LogP contribution in [0.25, 0.3) is 0 Å². The summed E-state index contributed by atoms with van der Waals surface area (Å²) in [5.74, 6) is -0.321. The van der Waals surface area contributed by atoms with Gasteiger partial charge in [0.25, 0.3) is 11.2 Å². The van der Waals surface area contributed by atoms with E-state index < -0.39 is 10.5 Å². The molecule has 2 aromatic heterocycles. The minimum absolute atomic E-state index is 0.0371. The number of aromatic nitrogens is 1. The zero-order chi connectivity index (χ0) is 15.7. The summed E-state index contributed by atoms with van der Waals surface area (Å²) < 4.78 is 2.46. The van der Waals surface area contributed by atoms with Gasteiger partial charge in [0.2, 0.25) is 0 Å². The molecule has 0 aliphatic rings. The van der Waals surface area contributed by atoms with Crippen LogP contribution in [0, 0.1) is 10.1 Å². The number of Topliss-reactive ketones (excluding diaryl/α,β-unsaturated/α-hetero) is 1. The molecule has 110 valence electrons. The number of carbonyl (C=O) groups is 1. The van der Waals surface area contributed by atoms with E-state index in [-0.39, 0.29) is 22.5 Å². The van der Waals surface area contributed by atoms with Crippen LogP contribution in [0.5, 0.6) is 0 Å². The second-order valence-corrected chi connectivity index (χ2v) is 8.50. The van der Waals surface area contributed by atoms with E-state index in [9.17, 15) is 19.7 Å². The van der Waals surface area contributed by atoms with Crippen molar-refractivity contribution in [1.82, 2.24) is 4.57 Å². The summed E-state index contributed by atoms with van der Waals surface area (Å²) >= 11 is 10.8. The summed E-state index contributed by atoms with van der Waals surface area (Å²) in [5, 5.41) is 10.8. The Morgan fingerprint density at radius 1 is 1.33 bits per heavy atom. The first-order valence-electron chi connectivity index (χ1n) is 5.32. The molecule has 6 nitrogen and oxygen atoms in total. The quantitative estimate of drug-likeness (QED) is 0.361. The Labute approximate surface area is 147 Å². The van der Waals surface area contributed by atoms with Crippen LogP contribution in [-0.4, -0.2) is 15.3 Å². The molecular weight excluding hydrogens is 496 g/mol.